The molecule has 3 atom stereocenters. The number of rotatable bonds is 11. The molecule has 0 fully saturated rings. The van der Waals surface area contributed by atoms with Gasteiger partial charge in [-0.25, -0.2) is 4.79 Å². The van der Waals surface area contributed by atoms with Crippen molar-refractivity contribution in [1.82, 2.24) is 0 Å². The molecule has 0 amide bonds. The molecule has 0 aromatic rings. The first-order valence-corrected chi connectivity index (χ1v) is 11.8. The molecule has 0 radical (unpaired) electrons. The summed E-state index contributed by atoms with van der Waals surface area (Å²) in [5.74, 6) is -0.883. The van der Waals surface area contributed by atoms with E-state index in [0.717, 1.165) is 7.11 Å². The van der Waals surface area contributed by atoms with E-state index in [1.165, 1.54) is 41.7 Å². The number of halogens is 1. The molecule has 0 heterocycles. The fraction of sp³-hybridized carbons (Fsp3) is 0.929. The summed E-state index contributed by atoms with van der Waals surface area (Å²) < 4.78 is 64.4. The van der Waals surface area contributed by atoms with Crippen molar-refractivity contribution in [2.45, 2.75) is 67.0 Å². The van der Waals surface area contributed by atoms with Crippen LogP contribution in [0.1, 0.15) is 41.0 Å². The van der Waals surface area contributed by atoms with Crippen molar-refractivity contribution in [2.75, 3.05) is 14.2 Å². The monoisotopic (exact) mass is 546 g/mol. The summed E-state index contributed by atoms with van der Waals surface area (Å²) >= 11 is 1.54. The van der Waals surface area contributed by atoms with Crippen molar-refractivity contribution in [3.8, 4) is 0 Å². The fourth-order valence-corrected chi connectivity index (χ4v) is 5.73. The van der Waals surface area contributed by atoms with Crippen LogP contribution >= 0.6 is 22.6 Å². The highest BCUT2D eigenvalue weighted by molar-refractivity contribution is 14.1. The maximum absolute atomic E-state index is 12.6. The zero-order chi connectivity index (χ0) is 21.8. The Kier molecular flexibility index (Phi) is 9.61. The predicted octanol–water partition coefficient (Wildman–Crippen LogP) is 0.914. The molecule has 0 rings (SSSR count). The quantitative estimate of drug-likeness (QED) is 0.131. The Morgan fingerprint density at radius 1 is 1.00 bits per heavy atom. The lowest BCUT2D eigenvalue weighted by atomic mass is 9.99. The van der Waals surface area contributed by atoms with Gasteiger partial charge in [-0.15, -0.1) is 0 Å². The van der Waals surface area contributed by atoms with Crippen molar-refractivity contribution >= 4 is 48.8 Å². The molecule has 3 unspecified atom stereocenters. The van der Waals surface area contributed by atoms with Crippen molar-refractivity contribution in [2.24, 2.45) is 0 Å². The Morgan fingerprint density at radius 3 is 1.78 bits per heavy atom. The second-order valence-electron chi connectivity index (χ2n) is 6.94. The van der Waals surface area contributed by atoms with Crippen LogP contribution in [0.4, 0.5) is 0 Å². The van der Waals surface area contributed by atoms with Crippen LogP contribution in [0.2, 0.25) is 0 Å². The minimum absolute atomic E-state index is 0.412. The molecule has 10 nitrogen and oxygen atoms in total. The summed E-state index contributed by atoms with van der Waals surface area (Å²) in [5, 5.41) is 9.51. The lowest BCUT2D eigenvalue weighted by Crippen LogP contribution is -2.47. The van der Waals surface area contributed by atoms with Crippen LogP contribution in [-0.4, -0.2) is 68.1 Å². The van der Waals surface area contributed by atoms with Crippen LogP contribution in [0.15, 0.2) is 0 Å². The second kappa shape index (κ2) is 9.63. The van der Waals surface area contributed by atoms with Gasteiger partial charge in [-0.2, -0.15) is 16.8 Å². The largest absolute Gasteiger partial charge is 0.467 e. The minimum Gasteiger partial charge on any atom is -0.467 e. The molecule has 13 heteroatoms. The Hall–Kier alpha value is -0.0600. The molecule has 0 aliphatic rings. The van der Waals surface area contributed by atoms with Gasteiger partial charge in [0.15, 0.2) is 16.5 Å². The first-order chi connectivity index (χ1) is 11.9. The van der Waals surface area contributed by atoms with E-state index in [1.54, 1.807) is 22.6 Å². The number of aliphatic hydroxyl groups excluding tert-OH is 1. The molecule has 1 N–H and O–H groups in total. The van der Waals surface area contributed by atoms with Gasteiger partial charge in [0.25, 0.3) is 20.2 Å². The van der Waals surface area contributed by atoms with Crippen molar-refractivity contribution in [3.05, 3.63) is 0 Å². The number of carbonyl (C=O) groups excluding carboxylic acids is 1. The molecular formula is C14H27IO10S2. The third-order valence-corrected chi connectivity index (χ3v) is 8.91. The summed E-state index contributed by atoms with van der Waals surface area (Å²) in [4.78, 5) is 11.4. The molecule has 0 saturated carbocycles. The zero-order valence-electron chi connectivity index (χ0n) is 16.3. The van der Waals surface area contributed by atoms with E-state index in [0.29, 0.717) is 0 Å². The smallest absolute Gasteiger partial charge is 0.336 e. The molecule has 0 bridgehead atoms. The highest BCUT2D eigenvalue weighted by Gasteiger charge is 2.48. The second-order valence-corrected chi connectivity index (χ2v) is 12.6. The maximum atomic E-state index is 12.6. The lowest BCUT2D eigenvalue weighted by Gasteiger charge is -2.34. The van der Waals surface area contributed by atoms with Crippen molar-refractivity contribution in [1.29, 1.82) is 0 Å². The Morgan fingerprint density at radius 2 is 1.41 bits per heavy atom. The fourth-order valence-electron chi connectivity index (χ4n) is 2.13. The number of methoxy groups -OCH3 is 2. The third kappa shape index (κ3) is 7.04. The molecule has 0 aliphatic heterocycles. The van der Waals surface area contributed by atoms with Gasteiger partial charge < -0.3 is 14.6 Å². The summed E-state index contributed by atoms with van der Waals surface area (Å²) in [5.41, 5.74) is 0. The van der Waals surface area contributed by atoms with E-state index in [-0.39, 0.29) is 0 Å². The van der Waals surface area contributed by atoms with Crippen LogP contribution in [0.25, 0.3) is 0 Å². The Balaban J connectivity index is 5.53. The predicted molar refractivity (Wildman–Crippen MR) is 105 cm³/mol. The maximum Gasteiger partial charge on any atom is 0.336 e. The normalized spacial score (nSPS) is 17.2. The molecule has 27 heavy (non-hydrogen) atoms. The standard InChI is InChI=1S/C14H27IO10S2/c1-9(11(16)22-6)24-26(18,19)13(2,3)8-14(4,5)27(20,21)25-10(15)12(17)23-7/h9-10,12,17H,8H2,1-7H3. The van der Waals surface area contributed by atoms with E-state index in [4.69, 9.17) is 8.37 Å². The number of hydrogen-bond acceptors (Lipinski definition) is 10. The number of aliphatic hydroxyl groups is 1. The van der Waals surface area contributed by atoms with Gasteiger partial charge in [0.05, 0.1) is 16.6 Å². The van der Waals surface area contributed by atoms with Crippen LogP contribution in [0.5, 0.6) is 0 Å². The van der Waals surface area contributed by atoms with Gasteiger partial charge >= 0.3 is 5.97 Å². The van der Waals surface area contributed by atoms with E-state index in [9.17, 15) is 26.7 Å². The minimum atomic E-state index is -4.35. The number of hydrogen-bond donors (Lipinski definition) is 1. The lowest BCUT2D eigenvalue weighted by molar-refractivity contribution is -0.147. The average molecular weight is 546 g/mol. The molecule has 0 saturated heterocycles. The highest BCUT2D eigenvalue weighted by Crippen LogP contribution is 2.35. The van der Waals surface area contributed by atoms with E-state index < -0.39 is 58.6 Å². The number of carbonyl (C=O) groups is 1. The van der Waals surface area contributed by atoms with Gasteiger partial charge in [0.2, 0.25) is 0 Å². The van der Waals surface area contributed by atoms with Gasteiger partial charge in [0, 0.05) is 7.11 Å². The topological polar surface area (TPSA) is 142 Å². The van der Waals surface area contributed by atoms with E-state index in [1.807, 2.05) is 0 Å². The zero-order valence-corrected chi connectivity index (χ0v) is 20.0. The SMILES string of the molecule is COC(=O)C(C)OS(=O)(=O)C(C)(C)CC(C)(C)S(=O)(=O)OC(I)C(O)OC. The van der Waals surface area contributed by atoms with Gasteiger partial charge in [-0.3, -0.25) is 8.37 Å². The van der Waals surface area contributed by atoms with Crippen molar-refractivity contribution in [3.63, 3.8) is 0 Å². The molecule has 0 spiro atoms. The molecule has 162 valence electrons. The highest BCUT2D eigenvalue weighted by atomic mass is 127. The third-order valence-electron chi connectivity index (χ3n) is 3.69. The van der Waals surface area contributed by atoms with Crippen LogP contribution in [-0.2, 0) is 42.9 Å². The van der Waals surface area contributed by atoms with E-state index in [2.05, 4.69) is 9.47 Å². The first-order valence-electron chi connectivity index (χ1n) is 7.72. The van der Waals surface area contributed by atoms with Crippen LogP contribution in [0.3, 0.4) is 0 Å². The molecular weight excluding hydrogens is 519 g/mol. The summed E-state index contributed by atoms with van der Waals surface area (Å²) in [6, 6.07) is 0. The van der Waals surface area contributed by atoms with Crippen LogP contribution in [0, 0.1) is 0 Å². The van der Waals surface area contributed by atoms with Gasteiger partial charge in [-0.05, 0) is 63.6 Å². The first kappa shape index (κ1) is 26.9. The number of ether oxygens (including phenoxy) is 2. The van der Waals surface area contributed by atoms with Crippen molar-refractivity contribution < 1.29 is 44.6 Å². The van der Waals surface area contributed by atoms with E-state index >= 15 is 0 Å². The molecule has 0 aromatic carbocycles. The molecule has 0 aromatic heterocycles. The Labute approximate surface area is 174 Å². The summed E-state index contributed by atoms with van der Waals surface area (Å²) in [7, 11) is -6.41. The number of alkyl halides is 1. The van der Waals surface area contributed by atoms with Gasteiger partial charge in [0.1, 0.15) is 0 Å². The van der Waals surface area contributed by atoms with Gasteiger partial charge in [-0.1, -0.05) is 0 Å². The molecule has 0 aliphatic carbocycles. The number of esters is 1. The summed E-state index contributed by atoms with van der Waals surface area (Å²) in [6.45, 7) is 6.32. The summed E-state index contributed by atoms with van der Waals surface area (Å²) in [6.07, 6.45) is -3.28. The Bertz CT molecular complexity index is 714. The average Bonchev–Trinajstić information content (AvgIpc) is 2.50. The van der Waals surface area contributed by atoms with Crippen LogP contribution < -0.4 is 0 Å².